The number of hydrogen-bond acceptors (Lipinski definition) is 3. The predicted molar refractivity (Wildman–Crippen MR) is 65.3 cm³/mol. The van der Waals surface area contributed by atoms with Gasteiger partial charge >= 0.3 is 0 Å². The summed E-state index contributed by atoms with van der Waals surface area (Å²) >= 11 is 0. The van der Waals surface area contributed by atoms with E-state index in [0.717, 1.165) is 26.2 Å². The summed E-state index contributed by atoms with van der Waals surface area (Å²) in [4.78, 5) is 0. The Bertz CT molecular complexity index is 334. The monoisotopic (exact) mass is 220 g/mol. The summed E-state index contributed by atoms with van der Waals surface area (Å²) < 4.78 is 5.42. The van der Waals surface area contributed by atoms with E-state index >= 15 is 0 Å². The highest BCUT2D eigenvalue weighted by Crippen LogP contribution is 2.17. The zero-order valence-corrected chi connectivity index (χ0v) is 9.78. The molecule has 2 rings (SSSR count). The Kier molecular flexibility index (Phi) is 3.93. The number of benzene rings is 1. The first kappa shape index (κ1) is 11.6. The van der Waals surface area contributed by atoms with E-state index in [9.17, 15) is 0 Å². The van der Waals surface area contributed by atoms with Crippen LogP contribution in [-0.4, -0.2) is 25.8 Å². The number of aryl methyl sites for hydroxylation is 1. The van der Waals surface area contributed by atoms with Crippen molar-refractivity contribution in [1.29, 1.82) is 0 Å². The molecule has 0 aromatic heterocycles. The Hall–Kier alpha value is -0.900. The third-order valence-electron chi connectivity index (χ3n) is 3.01. The van der Waals surface area contributed by atoms with Crippen molar-refractivity contribution >= 4 is 0 Å². The second-order valence-electron chi connectivity index (χ2n) is 4.48. The van der Waals surface area contributed by atoms with Gasteiger partial charge in [-0.3, -0.25) is 0 Å². The number of rotatable bonds is 3. The smallest absolute Gasteiger partial charge is 0.0620 e. The maximum Gasteiger partial charge on any atom is 0.0620 e. The molecule has 0 radical (unpaired) electrons. The fourth-order valence-corrected chi connectivity index (χ4v) is 2.11. The minimum Gasteiger partial charge on any atom is -0.379 e. The Labute approximate surface area is 97.0 Å². The van der Waals surface area contributed by atoms with Gasteiger partial charge in [0, 0.05) is 18.6 Å². The molecular weight excluding hydrogens is 200 g/mol. The summed E-state index contributed by atoms with van der Waals surface area (Å²) in [5.41, 5.74) is 8.68. The van der Waals surface area contributed by atoms with Gasteiger partial charge in [-0.2, -0.15) is 0 Å². The molecular formula is C13H20N2O. The molecule has 0 spiro atoms. The lowest BCUT2D eigenvalue weighted by molar-refractivity contribution is 0.0720. The van der Waals surface area contributed by atoms with Crippen LogP contribution in [-0.2, 0) is 4.74 Å². The van der Waals surface area contributed by atoms with Gasteiger partial charge in [-0.05, 0) is 18.9 Å². The second-order valence-corrected chi connectivity index (χ2v) is 4.48. The lowest BCUT2D eigenvalue weighted by Gasteiger charge is -2.26. The lowest BCUT2D eigenvalue weighted by Crippen LogP contribution is -2.42. The molecule has 3 N–H and O–H groups in total. The molecule has 3 heteroatoms. The number of nitrogens with one attached hydrogen (secondary N) is 1. The molecule has 0 aliphatic carbocycles. The molecule has 0 amide bonds. The molecule has 1 aromatic carbocycles. The van der Waals surface area contributed by atoms with Crippen LogP contribution in [0.5, 0.6) is 0 Å². The average molecular weight is 220 g/mol. The van der Waals surface area contributed by atoms with Crippen molar-refractivity contribution in [2.75, 3.05) is 19.8 Å². The van der Waals surface area contributed by atoms with Gasteiger partial charge in [0.1, 0.15) is 0 Å². The molecule has 1 heterocycles. The zero-order valence-electron chi connectivity index (χ0n) is 9.78. The first-order chi connectivity index (χ1) is 7.75. The number of ether oxygens (including phenoxy) is 1. The van der Waals surface area contributed by atoms with Crippen molar-refractivity contribution in [2.45, 2.75) is 25.4 Å². The molecule has 88 valence electrons. The number of nitrogens with two attached hydrogens (primary N) is 1. The Balaban J connectivity index is 1.94. The van der Waals surface area contributed by atoms with E-state index in [-0.39, 0.29) is 6.04 Å². The maximum atomic E-state index is 6.20. The molecule has 3 nitrogen and oxygen atoms in total. The highest BCUT2D eigenvalue weighted by molar-refractivity contribution is 5.24. The van der Waals surface area contributed by atoms with E-state index in [0.29, 0.717) is 6.04 Å². The first-order valence-electron chi connectivity index (χ1n) is 5.89. The fourth-order valence-electron chi connectivity index (χ4n) is 2.11. The van der Waals surface area contributed by atoms with Crippen molar-refractivity contribution in [3.8, 4) is 0 Å². The van der Waals surface area contributed by atoms with Crippen LogP contribution in [0.3, 0.4) is 0 Å². The number of morpholine rings is 1. The van der Waals surface area contributed by atoms with E-state index in [1.165, 1.54) is 11.1 Å². The van der Waals surface area contributed by atoms with Gasteiger partial charge in [0.05, 0.1) is 13.2 Å². The normalized spacial score (nSPS) is 23.0. The summed E-state index contributed by atoms with van der Waals surface area (Å²) in [6, 6.07) is 8.91. The van der Waals surface area contributed by atoms with Crippen LogP contribution in [0.1, 0.15) is 23.6 Å². The van der Waals surface area contributed by atoms with E-state index in [1.54, 1.807) is 0 Å². The van der Waals surface area contributed by atoms with Gasteiger partial charge in [0.25, 0.3) is 0 Å². The van der Waals surface area contributed by atoms with Gasteiger partial charge in [-0.1, -0.05) is 29.8 Å². The summed E-state index contributed by atoms with van der Waals surface area (Å²) in [5, 5.41) is 3.43. The number of hydrogen-bond donors (Lipinski definition) is 2. The molecule has 1 fully saturated rings. The minimum atomic E-state index is 0.0964. The summed E-state index contributed by atoms with van der Waals surface area (Å²) in [7, 11) is 0. The second kappa shape index (κ2) is 5.43. The molecule has 1 aromatic rings. The van der Waals surface area contributed by atoms with E-state index in [2.05, 4.69) is 36.5 Å². The first-order valence-corrected chi connectivity index (χ1v) is 5.89. The quantitative estimate of drug-likeness (QED) is 0.809. The molecule has 16 heavy (non-hydrogen) atoms. The van der Waals surface area contributed by atoms with Gasteiger partial charge in [-0.15, -0.1) is 0 Å². The summed E-state index contributed by atoms with van der Waals surface area (Å²) in [5.74, 6) is 0. The van der Waals surface area contributed by atoms with E-state index in [4.69, 9.17) is 10.5 Å². The molecule has 2 unspecified atom stereocenters. The molecule has 0 saturated carbocycles. The lowest BCUT2D eigenvalue weighted by atomic mass is 9.98. The van der Waals surface area contributed by atoms with Crippen molar-refractivity contribution in [2.24, 2.45) is 5.73 Å². The molecule has 0 bridgehead atoms. The highest BCUT2D eigenvalue weighted by atomic mass is 16.5. The summed E-state index contributed by atoms with van der Waals surface area (Å²) in [6.07, 6.45) is 0.934. The van der Waals surface area contributed by atoms with Crippen LogP contribution >= 0.6 is 0 Å². The van der Waals surface area contributed by atoms with Gasteiger partial charge in [0.2, 0.25) is 0 Å². The SMILES string of the molecule is Cc1cccc(C(N)CC2COCCN2)c1. The van der Waals surface area contributed by atoms with Gasteiger partial charge in [0.15, 0.2) is 0 Å². The largest absolute Gasteiger partial charge is 0.379 e. The third kappa shape index (κ3) is 3.04. The zero-order chi connectivity index (χ0) is 11.4. The van der Waals surface area contributed by atoms with Crippen LogP contribution in [0, 0.1) is 6.92 Å². The van der Waals surface area contributed by atoms with Crippen LogP contribution in [0.15, 0.2) is 24.3 Å². The standard InChI is InChI=1S/C13H20N2O/c1-10-3-2-4-11(7-10)13(14)8-12-9-16-6-5-15-12/h2-4,7,12-13,15H,5-6,8-9,14H2,1H3. The predicted octanol–water partition coefficient (Wildman–Crippen LogP) is 1.37. The molecule has 1 saturated heterocycles. The van der Waals surface area contributed by atoms with E-state index in [1.807, 2.05) is 0 Å². The van der Waals surface area contributed by atoms with Crippen LogP contribution in [0.2, 0.25) is 0 Å². The average Bonchev–Trinajstić information content (AvgIpc) is 2.30. The molecule has 1 aliphatic rings. The highest BCUT2D eigenvalue weighted by Gasteiger charge is 2.17. The Morgan fingerprint density at radius 1 is 1.56 bits per heavy atom. The maximum absolute atomic E-state index is 6.20. The molecule has 2 atom stereocenters. The van der Waals surface area contributed by atoms with Crippen molar-refractivity contribution in [1.82, 2.24) is 5.32 Å². The van der Waals surface area contributed by atoms with Crippen molar-refractivity contribution in [3.63, 3.8) is 0 Å². The van der Waals surface area contributed by atoms with Crippen molar-refractivity contribution < 1.29 is 4.74 Å². The minimum absolute atomic E-state index is 0.0964. The van der Waals surface area contributed by atoms with Crippen LogP contribution < -0.4 is 11.1 Å². The topological polar surface area (TPSA) is 47.3 Å². The van der Waals surface area contributed by atoms with Crippen molar-refractivity contribution in [3.05, 3.63) is 35.4 Å². The third-order valence-corrected chi connectivity index (χ3v) is 3.01. The van der Waals surface area contributed by atoms with Crippen LogP contribution in [0.4, 0.5) is 0 Å². The van der Waals surface area contributed by atoms with Gasteiger partial charge in [-0.25, -0.2) is 0 Å². The molecule has 1 aliphatic heterocycles. The fraction of sp³-hybridized carbons (Fsp3) is 0.538. The Morgan fingerprint density at radius 3 is 3.12 bits per heavy atom. The summed E-state index contributed by atoms with van der Waals surface area (Å²) in [6.45, 7) is 4.62. The van der Waals surface area contributed by atoms with Gasteiger partial charge < -0.3 is 15.8 Å². The van der Waals surface area contributed by atoms with E-state index < -0.39 is 0 Å². The van der Waals surface area contributed by atoms with Crippen LogP contribution in [0.25, 0.3) is 0 Å². The Morgan fingerprint density at radius 2 is 2.44 bits per heavy atom.